The molecule has 112 valence electrons. The Morgan fingerprint density at radius 2 is 1.65 bits per heavy atom. The van der Waals surface area contributed by atoms with Gasteiger partial charge in [-0.05, 0) is 22.5 Å². The highest BCUT2D eigenvalue weighted by Crippen LogP contribution is 2.40. The Hall–Kier alpha value is -1.02. The lowest BCUT2D eigenvalue weighted by molar-refractivity contribution is -0.134. The highest BCUT2D eigenvalue weighted by Gasteiger charge is 2.26. The van der Waals surface area contributed by atoms with Crippen LogP contribution in [0.4, 0.5) is 0 Å². The van der Waals surface area contributed by atoms with Crippen LogP contribution in [0.5, 0.6) is 5.75 Å². The van der Waals surface area contributed by atoms with Crippen molar-refractivity contribution in [1.29, 1.82) is 0 Å². The molecule has 0 N–H and O–H groups in total. The maximum atomic E-state index is 11.6. The lowest BCUT2D eigenvalue weighted by Crippen LogP contribution is -2.19. The average Bonchev–Trinajstić information content (AvgIpc) is 2.28. The van der Waals surface area contributed by atoms with Crippen molar-refractivity contribution in [1.82, 2.24) is 0 Å². The molecule has 20 heavy (non-hydrogen) atoms. The molecule has 3 heteroatoms. The number of ether oxygens (including phenoxy) is 1. The minimum Gasteiger partial charge on any atom is -0.425 e. The van der Waals surface area contributed by atoms with Crippen LogP contribution >= 0.6 is 11.6 Å². The Morgan fingerprint density at radius 1 is 1.10 bits per heavy atom. The fraction of sp³-hybridized carbons (Fsp3) is 0.588. The fourth-order valence-corrected chi connectivity index (χ4v) is 2.13. The first-order valence-electron chi connectivity index (χ1n) is 7.02. The lowest BCUT2D eigenvalue weighted by atomic mass is 9.80. The quantitative estimate of drug-likeness (QED) is 0.550. The van der Waals surface area contributed by atoms with Gasteiger partial charge in [0.2, 0.25) is 0 Å². The molecule has 0 aliphatic heterocycles. The zero-order chi connectivity index (χ0) is 15.7. The highest BCUT2D eigenvalue weighted by atomic mass is 35.5. The Bertz CT molecular complexity index is 505. The van der Waals surface area contributed by atoms with Crippen LogP contribution in [0.3, 0.4) is 0 Å². The van der Waals surface area contributed by atoms with Crippen molar-refractivity contribution in [3.05, 3.63) is 28.3 Å². The Labute approximate surface area is 127 Å². The average molecular weight is 297 g/mol. The lowest BCUT2D eigenvalue weighted by Gasteiger charge is -2.27. The molecule has 0 aromatic heterocycles. The van der Waals surface area contributed by atoms with Crippen LogP contribution in [0.15, 0.2) is 12.1 Å². The van der Waals surface area contributed by atoms with Crippen molar-refractivity contribution in [2.75, 3.05) is 0 Å². The van der Waals surface area contributed by atoms with E-state index in [4.69, 9.17) is 16.3 Å². The highest BCUT2D eigenvalue weighted by molar-refractivity contribution is 6.32. The van der Waals surface area contributed by atoms with Gasteiger partial charge in [0, 0.05) is 12.0 Å². The van der Waals surface area contributed by atoms with Crippen molar-refractivity contribution in [2.45, 2.75) is 65.7 Å². The number of benzene rings is 1. The van der Waals surface area contributed by atoms with E-state index in [0.717, 1.165) is 11.1 Å². The zero-order valence-corrected chi connectivity index (χ0v) is 14.3. The number of hydrogen-bond donors (Lipinski definition) is 0. The molecular weight excluding hydrogens is 272 g/mol. The number of carbonyl (C=O) groups excluding carboxylic acids is 1. The van der Waals surface area contributed by atoms with E-state index in [1.165, 1.54) is 0 Å². The summed E-state index contributed by atoms with van der Waals surface area (Å²) in [5, 5.41) is 0.504. The monoisotopic (exact) mass is 296 g/mol. The second-order valence-electron chi connectivity index (χ2n) is 7.16. The van der Waals surface area contributed by atoms with Gasteiger partial charge in [-0.15, -0.1) is 0 Å². The minimum atomic E-state index is -0.263. The smallest absolute Gasteiger partial charge is 0.310 e. The first-order valence-corrected chi connectivity index (χ1v) is 7.39. The first kappa shape index (κ1) is 17.0. The van der Waals surface area contributed by atoms with Gasteiger partial charge in [-0.25, -0.2) is 0 Å². The van der Waals surface area contributed by atoms with Crippen LogP contribution in [-0.2, 0) is 15.6 Å². The molecule has 0 fully saturated rings. The van der Waals surface area contributed by atoms with Gasteiger partial charge < -0.3 is 4.74 Å². The molecule has 0 saturated heterocycles. The number of rotatable bonds is 2. The van der Waals surface area contributed by atoms with E-state index in [9.17, 15) is 4.79 Å². The van der Waals surface area contributed by atoms with Gasteiger partial charge in [-0.3, -0.25) is 4.79 Å². The number of hydrogen-bond acceptors (Lipinski definition) is 2. The van der Waals surface area contributed by atoms with Crippen LogP contribution in [0, 0.1) is 0 Å². The molecule has 0 aliphatic rings. The summed E-state index contributed by atoms with van der Waals surface area (Å²) < 4.78 is 5.45. The topological polar surface area (TPSA) is 26.3 Å². The second kappa shape index (κ2) is 5.77. The summed E-state index contributed by atoms with van der Waals surface area (Å²) in [7, 11) is 0. The van der Waals surface area contributed by atoms with E-state index in [1.54, 1.807) is 6.92 Å². The van der Waals surface area contributed by atoms with E-state index in [-0.39, 0.29) is 16.8 Å². The Balaban J connectivity index is 3.47. The fourth-order valence-electron chi connectivity index (χ4n) is 1.87. The third kappa shape index (κ3) is 3.99. The van der Waals surface area contributed by atoms with Crippen molar-refractivity contribution < 1.29 is 9.53 Å². The summed E-state index contributed by atoms with van der Waals surface area (Å²) in [6, 6.07) is 4.00. The normalized spacial score (nSPS) is 12.4. The zero-order valence-electron chi connectivity index (χ0n) is 13.6. The molecule has 1 aromatic rings. The Kier molecular flexibility index (Phi) is 4.91. The van der Waals surface area contributed by atoms with Gasteiger partial charge in [0.05, 0.1) is 5.02 Å². The summed E-state index contributed by atoms with van der Waals surface area (Å²) in [6.07, 6.45) is 0.334. The predicted molar refractivity (Wildman–Crippen MR) is 84.8 cm³/mol. The molecule has 0 saturated carbocycles. The van der Waals surface area contributed by atoms with Gasteiger partial charge in [0.15, 0.2) is 5.75 Å². The summed E-state index contributed by atoms with van der Waals surface area (Å²) >= 11 is 6.37. The maximum Gasteiger partial charge on any atom is 0.310 e. The van der Waals surface area contributed by atoms with Crippen molar-refractivity contribution in [3.8, 4) is 5.75 Å². The molecule has 0 spiro atoms. The van der Waals surface area contributed by atoms with Gasteiger partial charge >= 0.3 is 5.97 Å². The molecule has 1 aromatic carbocycles. The molecule has 0 bridgehead atoms. The Morgan fingerprint density at radius 3 is 2.05 bits per heavy atom. The van der Waals surface area contributed by atoms with Crippen LogP contribution < -0.4 is 4.74 Å². The van der Waals surface area contributed by atoms with Crippen LogP contribution in [0.25, 0.3) is 0 Å². The van der Waals surface area contributed by atoms with Crippen LogP contribution in [0.1, 0.15) is 66.0 Å². The van der Waals surface area contributed by atoms with Gasteiger partial charge in [-0.2, -0.15) is 0 Å². The van der Waals surface area contributed by atoms with Crippen molar-refractivity contribution in [2.24, 2.45) is 0 Å². The number of halogens is 1. The van der Waals surface area contributed by atoms with Gasteiger partial charge in [0.1, 0.15) is 0 Å². The summed E-state index contributed by atoms with van der Waals surface area (Å²) in [4.78, 5) is 11.6. The predicted octanol–water partition coefficient (Wildman–Crippen LogP) is 5.25. The van der Waals surface area contributed by atoms with Gasteiger partial charge in [0.25, 0.3) is 0 Å². The molecule has 0 heterocycles. The van der Waals surface area contributed by atoms with E-state index >= 15 is 0 Å². The van der Waals surface area contributed by atoms with Crippen LogP contribution in [-0.4, -0.2) is 5.97 Å². The SMILES string of the molecule is CCC(=O)Oc1c(Cl)cc(C(C)(C)C)cc1C(C)(C)C. The van der Waals surface area contributed by atoms with E-state index in [2.05, 4.69) is 47.6 Å². The number of carbonyl (C=O) groups is 1. The van der Waals surface area contributed by atoms with E-state index in [1.807, 2.05) is 6.07 Å². The molecule has 0 atom stereocenters. The molecule has 0 radical (unpaired) electrons. The third-order valence-corrected chi connectivity index (χ3v) is 3.50. The molecule has 0 amide bonds. The van der Waals surface area contributed by atoms with Crippen molar-refractivity contribution >= 4 is 17.6 Å². The largest absolute Gasteiger partial charge is 0.425 e. The van der Waals surface area contributed by atoms with Gasteiger partial charge in [-0.1, -0.05) is 66.1 Å². The summed E-state index contributed by atoms with van der Waals surface area (Å²) in [6.45, 7) is 14.5. The van der Waals surface area contributed by atoms with E-state index in [0.29, 0.717) is 17.2 Å². The standard InChI is InChI=1S/C17H25ClO2/c1-8-14(19)20-15-12(17(5,6)7)9-11(10-13(15)18)16(2,3)4/h9-10H,8H2,1-7H3. The molecule has 1 rings (SSSR count). The molecule has 2 nitrogen and oxygen atoms in total. The second-order valence-corrected chi connectivity index (χ2v) is 7.57. The maximum absolute atomic E-state index is 11.6. The van der Waals surface area contributed by atoms with E-state index < -0.39 is 0 Å². The summed E-state index contributed by atoms with van der Waals surface area (Å²) in [5.41, 5.74) is 1.96. The van der Waals surface area contributed by atoms with Crippen molar-refractivity contribution in [3.63, 3.8) is 0 Å². The molecule has 0 aliphatic carbocycles. The molecule has 0 unspecified atom stereocenters. The minimum absolute atomic E-state index is 0.00304. The number of esters is 1. The first-order chi connectivity index (χ1) is 8.96. The molecular formula is C17H25ClO2. The van der Waals surface area contributed by atoms with Crippen LogP contribution in [0.2, 0.25) is 5.02 Å². The third-order valence-electron chi connectivity index (χ3n) is 3.22. The summed E-state index contributed by atoms with van der Waals surface area (Å²) in [5.74, 6) is 0.236.